The van der Waals surface area contributed by atoms with Crippen molar-refractivity contribution in [3.63, 3.8) is 0 Å². The Labute approximate surface area is 213 Å². The maximum Gasteiger partial charge on any atom is 0.239 e. The van der Waals surface area contributed by atoms with Crippen LogP contribution in [0, 0.1) is 11.8 Å². The second-order valence-electron chi connectivity index (χ2n) is 9.58. The summed E-state index contributed by atoms with van der Waals surface area (Å²) < 4.78 is 0. The molecule has 2 unspecified atom stereocenters. The van der Waals surface area contributed by atoms with Gasteiger partial charge in [-0.1, -0.05) is 90.5 Å². The molecular formula is C31H21ClN2O2. The highest BCUT2D eigenvalue weighted by atomic mass is 35.5. The van der Waals surface area contributed by atoms with Gasteiger partial charge in [-0.05, 0) is 46.5 Å². The van der Waals surface area contributed by atoms with E-state index in [2.05, 4.69) is 24.3 Å². The molecule has 36 heavy (non-hydrogen) atoms. The Morgan fingerprint density at radius 1 is 0.722 bits per heavy atom. The molecule has 0 aromatic heterocycles. The van der Waals surface area contributed by atoms with Crippen LogP contribution in [-0.4, -0.2) is 18.0 Å². The van der Waals surface area contributed by atoms with E-state index in [1.165, 1.54) is 4.90 Å². The van der Waals surface area contributed by atoms with Crippen LogP contribution in [0.3, 0.4) is 0 Å². The van der Waals surface area contributed by atoms with Crippen LogP contribution in [0.15, 0.2) is 108 Å². The molecule has 0 spiro atoms. The topological polar surface area (TPSA) is 49.7 Å². The molecule has 4 aliphatic rings. The van der Waals surface area contributed by atoms with Crippen molar-refractivity contribution in [1.29, 1.82) is 0 Å². The highest BCUT2D eigenvalue weighted by molar-refractivity contribution is 6.36. The lowest BCUT2D eigenvalue weighted by molar-refractivity contribution is -0.122. The summed E-state index contributed by atoms with van der Waals surface area (Å²) in [6.07, 6.45) is 1.91. The average molecular weight is 489 g/mol. The summed E-state index contributed by atoms with van der Waals surface area (Å²) in [5.41, 5.74) is 4.59. The van der Waals surface area contributed by atoms with Crippen molar-refractivity contribution in [2.45, 2.75) is 11.3 Å². The van der Waals surface area contributed by atoms with Gasteiger partial charge in [0.1, 0.15) is 0 Å². The Balaban J connectivity index is 1.53. The van der Waals surface area contributed by atoms with E-state index in [1.54, 1.807) is 24.3 Å². The largest absolute Gasteiger partial charge is 0.274 e. The van der Waals surface area contributed by atoms with Crippen molar-refractivity contribution in [2.24, 2.45) is 16.8 Å². The van der Waals surface area contributed by atoms with Gasteiger partial charge in [-0.15, -0.1) is 0 Å². The van der Waals surface area contributed by atoms with Gasteiger partial charge in [0, 0.05) is 12.1 Å². The number of hydrogen-bond acceptors (Lipinski definition) is 3. The molecule has 4 aromatic rings. The van der Waals surface area contributed by atoms with E-state index in [9.17, 15) is 9.59 Å². The predicted molar refractivity (Wildman–Crippen MR) is 141 cm³/mol. The second-order valence-corrected chi connectivity index (χ2v) is 9.99. The fraction of sp³-hybridized carbons (Fsp3) is 0.129. The molecule has 1 aliphatic heterocycles. The van der Waals surface area contributed by atoms with Gasteiger partial charge in [-0.3, -0.25) is 14.6 Å². The van der Waals surface area contributed by atoms with E-state index in [0.29, 0.717) is 10.7 Å². The lowest BCUT2D eigenvalue weighted by Crippen LogP contribution is -2.54. The van der Waals surface area contributed by atoms with E-state index in [1.807, 2.05) is 60.8 Å². The molecule has 174 valence electrons. The van der Waals surface area contributed by atoms with Crippen molar-refractivity contribution >= 4 is 41.0 Å². The monoisotopic (exact) mass is 488 g/mol. The lowest BCUT2D eigenvalue weighted by Gasteiger charge is -2.52. The molecule has 1 saturated heterocycles. The minimum Gasteiger partial charge on any atom is -0.274 e. The molecule has 2 bridgehead atoms. The number of hydrogen-bond donors (Lipinski definition) is 0. The van der Waals surface area contributed by atoms with E-state index in [0.717, 1.165) is 27.9 Å². The molecule has 1 fully saturated rings. The van der Waals surface area contributed by atoms with E-state index >= 15 is 0 Å². The van der Waals surface area contributed by atoms with Gasteiger partial charge in [0.15, 0.2) is 0 Å². The Bertz CT molecular complexity index is 1530. The number of rotatable bonds is 3. The highest BCUT2D eigenvalue weighted by Crippen LogP contribution is 2.64. The third kappa shape index (κ3) is 2.68. The number of carbonyl (C=O) groups excluding carboxylic acids is 2. The normalized spacial score (nSPS) is 25.7. The van der Waals surface area contributed by atoms with Gasteiger partial charge in [0.05, 0.1) is 33.6 Å². The molecule has 1 heterocycles. The Kier molecular flexibility index (Phi) is 4.57. The number of halogens is 1. The van der Waals surface area contributed by atoms with Crippen LogP contribution in [0.1, 0.15) is 28.2 Å². The number of carbonyl (C=O) groups is 2. The number of anilines is 1. The van der Waals surface area contributed by atoms with Gasteiger partial charge < -0.3 is 0 Å². The average Bonchev–Trinajstić information content (AvgIpc) is 3.19. The molecule has 2 amide bonds. The summed E-state index contributed by atoms with van der Waals surface area (Å²) in [4.78, 5) is 34.7. The van der Waals surface area contributed by atoms with Crippen LogP contribution >= 0.6 is 11.6 Å². The van der Waals surface area contributed by atoms with Crippen LogP contribution in [0.5, 0.6) is 0 Å². The SMILES string of the molecule is O=C1C2C3c4ccccc4C(C=Nc4ccccc4)(c4ccccc43)C2C(=O)N1c1ccccc1Cl. The summed E-state index contributed by atoms with van der Waals surface area (Å²) in [6, 6.07) is 33.1. The fourth-order valence-electron chi connectivity index (χ4n) is 6.61. The van der Waals surface area contributed by atoms with Crippen molar-refractivity contribution in [3.8, 4) is 0 Å². The minimum absolute atomic E-state index is 0.204. The highest BCUT2D eigenvalue weighted by Gasteiger charge is 2.68. The van der Waals surface area contributed by atoms with E-state index in [4.69, 9.17) is 16.6 Å². The first-order chi connectivity index (χ1) is 17.6. The zero-order valence-corrected chi connectivity index (χ0v) is 20.0. The van der Waals surface area contributed by atoms with Crippen molar-refractivity contribution in [2.75, 3.05) is 4.90 Å². The third-order valence-corrected chi connectivity index (χ3v) is 8.27. The van der Waals surface area contributed by atoms with Crippen molar-refractivity contribution in [3.05, 3.63) is 130 Å². The molecule has 4 nitrogen and oxygen atoms in total. The van der Waals surface area contributed by atoms with Gasteiger partial charge in [0.25, 0.3) is 0 Å². The molecule has 0 saturated carbocycles. The van der Waals surface area contributed by atoms with Crippen LogP contribution in [-0.2, 0) is 15.0 Å². The number of aliphatic imine (C=N–C) groups is 1. The summed E-state index contributed by atoms with van der Waals surface area (Å²) in [5.74, 6) is -1.81. The first-order valence-electron chi connectivity index (χ1n) is 12.0. The number of para-hydroxylation sites is 2. The minimum atomic E-state index is -0.884. The summed E-state index contributed by atoms with van der Waals surface area (Å²) in [5, 5.41) is 0.382. The third-order valence-electron chi connectivity index (χ3n) is 7.95. The molecule has 4 aromatic carbocycles. The summed E-state index contributed by atoms with van der Waals surface area (Å²) >= 11 is 6.50. The predicted octanol–water partition coefficient (Wildman–Crippen LogP) is 6.29. The second kappa shape index (κ2) is 7.74. The lowest BCUT2D eigenvalue weighted by atomic mass is 9.47. The quantitative estimate of drug-likeness (QED) is 0.251. The zero-order chi connectivity index (χ0) is 24.4. The zero-order valence-electron chi connectivity index (χ0n) is 19.2. The van der Waals surface area contributed by atoms with Crippen LogP contribution in [0.4, 0.5) is 11.4 Å². The smallest absolute Gasteiger partial charge is 0.239 e. The molecule has 3 aliphatic carbocycles. The Morgan fingerprint density at radius 3 is 1.97 bits per heavy atom. The summed E-state index contributed by atoms with van der Waals surface area (Å²) in [6.45, 7) is 0. The molecular weight excluding hydrogens is 468 g/mol. The molecule has 2 atom stereocenters. The number of nitrogens with zero attached hydrogens (tertiary/aromatic N) is 2. The number of amides is 2. The van der Waals surface area contributed by atoms with Crippen LogP contribution in [0.25, 0.3) is 0 Å². The number of imide groups is 1. The van der Waals surface area contributed by atoms with Crippen molar-refractivity contribution < 1.29 is 9.59 Å². The maximum atomic E-state index is 14.3. The Hall–Kier alpha value is -4.02. The fourth-order valence-corrected chi connectivity index (χ4v) is 6.83. The first-order valence-corrected chi connectivity index (χ1v) is 12.4. The van der Waals surface area contributed by atoms with Gasteiger partial charge in [0.2, 0.25) is 11.8 Å². The van der Waals surface area contributed by atoms with Crippen LogP contribution in [0.2, 0.25) is 5.02 Å². The van der Waals surface area contributed by atoms with E-state index in [-0.39, 0.29) is 17.7 Å². The molecule has 8 rings (SSSR count). The van der Waals surface area contributed by atoms with E-state index < -0.39 is 17.3 Å². The molecule has 0 radical (unpaired) electrons. The van der Waals surface area contributed by atoms with Gasteiger partial charge >= 0.3 is 0 Å². The first kappa shape index (κ1) is 21.3. The van der Waals surface area contributed by atoms with Crippen molar-refractivity contribution in [1.82, 2.24) is 0 Å². The maximum absolute atomic E-state index is 14.3. The van der Waals surface area contributed by atoms with Gasteiger partial charge in [-0.2, -0.15) is 0 Å². The van der Waals surface area contributed by atoms with Gasteiger partial charge in [-0.25, -0.2) is 4.90 Å². The summed E-state index contributed by atoms with van der Waals surface area (Å²) in [7, 11) is 0. The Morgan fingerprint density at radius 2 is 1.31 bits per heavy atom. The van der Waals surface area contributed by atoms with Crippen LogP contribution < -0.4 is 4.90 Å². The standard InChI is InChI=1S/C31H21ClN2O2/c32-24-16-8-9-17-25(24)34-29(35)27-26-20-12-4-6-14-22(20)31(28(27)30(34)36,23-15-7-5-13-21(23)26)18-33-19-10-2-1-3-11-19/h1-18,26-28H. The molecule has 0 N–H and O–H groups in total. The number of benzene rings is 4. The molecule has 5 heteroatoms.